The third-order valence-electron chi connectivity index (χ3n) is 10.7. The SMILES string of the molecule is COCCOCCOCCOCCOCCOCCOCCOCCO.O=C(O)/C=C/c1ccc(-c2nc3c([nH]2)c(=O)n(CC2CCCCC2)c(=O)n3CC2CCCCC2)cc1. The second-order valence-electron chi connectivity index (χ2n) is 15.4. The van der Waals surface area contributed by atoms with Crippen molar-refractivity contribution in [2.75, 3.05) is 113 Å². The summed E-state index contributed by atoms with van der Waals surface area (Å²) < 4.78 is 45.1. The molecule has 62 heavy (non-hydrogen) atoms. The highest BCUT2D eigenvalue weighted by Crippen LogP contribution is 2.27. The van der Waals surface area contributed by atoms with E-state index in [0.717, 1.165) is 55.7 Å². The second kappa shape index (κ2) is 31.1. The van der Waals surface area contributed by atoms with Crippen LogP contribution in [0.2, 0.25) is 0 Å². The number of ether oxygens (including phenoxy) is 8. The van der Waals surface area contributed by atoms with Crippen molar-refractivity contribution in [1.82, 2.24) is 19.1 Å². The number of aliphatic hydroxyl groups excluding tert-OH is 1. The predicted octanol–water partition coefficient (Wildman–Crippen LogP) is 4.55. The Kier molecular flexibility index (Phi) is 25.5. The Morgan fingerprint density at radius 3 is 1.53 bits per heavy atom. The molecule has 0 amide bonds. The molecule has 0 radical (unpaired) electrons. The number of rotatable bonds is 30. The molecule has 2 saturated carbocycles. The minimum Gasteiger partial charge on any atom is -0.478 e. The number of hydrogen-bond acceptors (Lipinski definition) is 13. The Labute approximate surface area is 364 Å². The van der Waals surface area contributed by atoms with Crippen molar-refractivity contribution in [3.8, 4) is 11.4 Å². The first-order valence-electron chi connectivity index (χ1n) is 22.3. The third kappa shape index (κ3) is 19.3. The lowest BCUT2D eigenvalue weighted by Gasteiger charge is -2.24. The monoisotopic (exact) mass is 874 g/mol. The van der Waals surface area contributed by atoms with Gasteiger partial charge in [-0.1, -0.05) is 62.8 Å². The summed E-state index contributed by atoms with van der Waals surface area (Å²) in [6, 6.07) is 7.28. The van der Waals surface area contributed by atoms with Gasteiger partial charge in [0.1, 0.15) is 11.3 Å². The van der Waals surface area contributed by atoms with E-state index in [0.29, 0.717) is 141 Å². The lowest BCUT2D eigenvalue weighted by atomic mass is 9.89. The van der Waals surface area contributed by atoms with Crippen LogP contribution in [0.15, 0.2) is 39.9 Å². The molecule has 0 saturated heterocycles. The molecule has 2 aromatic heterocycles. The molecule has 2 aliphatic rings. The number of carboxylic acids is 1. The number of aliphatic carboxylic acids is 1. The van der Waals surface area contributed by atoms with Crippen LogP contribution in [0, 0.1) is 11.8 Å². The molecule has 0 unspecified atom stereocenters. The molecular weight excluding hydrogens is 805 g/mol. The number of aromatic nitrogens is 4. The van der Waals surface area contributed by atoms with Gasteiger partial charge < -0.3 is 53.1 Å². The number of fused-ring (bicyclic) bond motifs is 1. The summed E-state index contributed by atoms with van der Waals surface area (Å²) in [5.74, 6) is 0.305. The number of imidazole rings is 1. The number of aliphatic hydroxyl groups is 1. The molecule has 3 N–H and O–H groups in total. The molecule has 5 rings (SSSR count). The number of carbonyl (C=O) groups is 1. The van der Waals surface area contributed by atoms with Crippen LogP contribution >= 0.6 is 0 Å². The van der Waals surface area contributed by atoms with Crippen LogP contribution in [-0.2, 0) is 55.8 Å². The van der Waals surface area contributed by atoms with E-state index >= 15 is 0 Å². The molecule has 0 atom stereocenters. The van der Waals surface area contributed by atoms with Crippen LogP contribution in [0.1, 0.15) is 69.8 Å². The first-order valence-corrected chi connectivity index (χ1v) is 22.3. The van der Waals surface area contributed by atoms with Gasteiger partial charge in [-0.25, -0.2) is 14.6 Å². The van der Waals surface area contributed by atoms with Crippen molar-refractivity contribution in [3.63, 3.8) is 0 Å². The fraction of sp³-hybridized carbons (Fsp3) is 0.689. The van der Waals surface area contributed by atoms with Crippen LogP contribution in [0.4, 0.5) is 0 Å². The van der Waals surface area contributed by atoms with E-state index in [1.54, 1.807) is 23.8 Å². The Morgan fingerprint density at radius 1 is 0.661 bits per heavy atom. The van der Waals surface area contributed by atoms with Gasteiger partial charge in [-0.3, -0.25) is 13.9 Å². The zero-order chi connectivity index (χ0) is 44.0. The number of nitrogens with one attached hydrogen (secondary N) is 1. The molecular formula is C45H70N4O13. The van der Waals surface area contributed by atoms with E-state index in [2.05, 4.69) is 4.98 Å². The first-order chi connectivity index (χ1) is 30.4. The summed E-state index contributed by atoms with van der Waals surface area (Å²) in [4.78, 5) is 46.0. The van der Waals surface area contributed by atoms with Crippen molar-refractivity contribution < 1.29 is 52.9 Å². The van der Waals surface area contributed by atoms with Gasteiger partial charge >= 0.3 is 11.7 Å². The zero-order valence-corrected chi connectivity index (χ0v) is 36.6. The van der Waals surface area contributed by atoms with Crippen LogP contribution in [-0.4, -0.2) is 148 Å². The van der Waals surface area contributed by atoms with Crippen LogP contribution in [0.5, 0.6) is 0 Å². The predicted molar refractivity (Wildman–Crippen MR) is 235 cm³/mol. The van der Waals surface area contributed by atoms with Crippen LogP contribution in [0.25, 0.3) is 28.6 Å². The Hall–Kier alpha value is -3.78. The maximum atomic E-state index is 13.7. The molecule has 0 aliphatic heterocycles. The van der Waals surface area contributed by atoms with Crippen molar-refractivity contribution in [2.24, 2.45) is 11.8 Å². The maximum absolute atomic E-state index is 13.7. The van der Waals surface area contributed by atoms with Gasteiger partial charge in [0.15, 0.2) is 5.65 Å². The summed E-state index contributed by atoms with van der Waals surface area (Å²) in [6.45, 7) is 8.96. The number of H-pyrrole nitrogens is 1. The standard InChI is InChI=1S/C28H34N4O4.C17H36O9/c33-23(34)16-13-19-11-14-22(15-12-19)25-29-24-26(30-25)31(17-20-7-3-1-4-8-20)28(36)32(27(24)35)18-21-9-5-2-6-10-21;1-19-4-5-21-8-9-23-12-13-25-16-17-26-15-14-24-11-10-22-7-6-20-3-2-18/h11-16,20-21H,1-10,17-18H2,(H,29,30)(H,33,34);18H,2-17H2,1H3/b16-13+;. The topological polar surface area (TPSA) is 204 Å². The van der Waals surface area contributed by atoms with Crippen LogP contribution < -0.4 is 11.2 Å². The number of methoxy groups -OCH3 is 1. The Bertz CT molecular complexity index is 1770. The van der Waals surface area contributed by atoms with E-state index in [1.165, 1.54) is 36.3 Å². The van der Waals surface area contributed by atoms with E-state index in [-0.39, 0.29) is 17.9 Å². The van der Waals surface area contributed by atoms with E-state index in [9.17, 15) is 14.4 Å². The smallest absolute Gasteiger partial charge is 0.332 e. The second-order valence-corrected chi connectivity index (χ2v) is 15.4. The summed E-state index contributed by atoms with van der Waals surface area (Å²) >= 11 is 0. The van der Waals surface area contributed by atoms with E-state index in [1.807, 2.05) is 12.1 Å². The van der Waals surface area contributed by atoms with E-state index < -0.39 is 5.97 Å². The minimum atomic E-state index is -1.00. The number of nitrogens with zero attached hydrogens (tertiary/aromatic N) is 3. The van der Waals surface area contributed by atoms with Crippen LogP contribution in [0.3, 0.4) is 0 Å². The molecule has 17 heteroatoms. The van der Waals surface area contributed by atoms with Gasteiger partial charge in [0.05, 0.1) is 106 Å². The van der Waals surface area contributed by atoms with Gasteiger partial charge in [0.2, 0.25) is 0 Å². The lowest BCUT2D eigenvalue weighted by Crippen LogP contribution is -2.42. The summed E-state index contributed by atoms with van der Waals surface area (Å²) in [7, 11) is 1.64. The summed E-state index contributed by atoms with van der Waals surface area (Å²) in [6.07, 6.45) is 14.1. The highest BCUT2D eigenvalue weighted by atomic mass is 16.6. The van der Waals surface area contributed by atoms with Gasteiger partial charge in [-0.15, -0.1) is 0 Å². The van der Waals surface area contributed by atoms with Gasteiger partial charge in [-0.05, 0) is 49.2 Å². The van der Waals surface area contributed by atoms with E-state index in [4.69, 9.17) is 53.1 Å². The fourth-order valence-electron chi connectivity index (χ4n) is 7.43. The molecule has 0 spiro atoms. The number of benzene rings is 1. The molecule has 2 heterocycles. The largest absolute Gasteiger partial charge is 0.478 e. The molecule has 348 valence electrons. The normalized spacial score (nSPS) is 15.1. The molecule has 17 nitrogen and oxygen atoms in total. The Morgan fingerprint density at radius 2 is 1.10 bits per heavy atom. The lowest BCUT2D eigenvalue weighted by molar-refractivity contribution is -0.131. The van der Waals surface area contributed by atoms with Crippen molar-refractivity contribution in [1.29, 1.82) is 0 Å². The number of aromatic amines is 1. The summed E-state index contributed by atoms with van der Waals surface area (Å²) in [5.41, 5.74) is 1.80. The van der Waals surface area contributed by atoms with Crippen molar-refractivity contribution in [3.05, 3.63) is 56.7 Å². The quantitative estimate of drug-likeness (QED) is 0.0622. The van der Waals surface area contributed by atoms with Crippen molar-refractivity contribution >= 4 is 23.2 Å². The van der Waals surface area contributed by atoms with Crippen molar-refractivity contribution in [2.45, 2.75) is 77.3 Å². The molecule has 1 aromatic carbocycles. The fourth-order valence-corrected chi connectivity index (χ4v) is 7.43. The maximum Gasteiger partial charge on any atom is 0.332 e. The minimum absolute atomic E-state index is 0.0348. The molecule has 0 bridgehead atoms. The average molecular weight is 875 g/mol. The molecule has 2 aliphatic carbocycles. The average Bonchev–Trinajstić information content (AvgIpc) is 3.74. The zero-order valence-electron chi connectivity index (χ0n) is 36.6. The number of hydrogen-bond donors (Lipinski definition) is 3. The van der Waals surface area contributed by atoms with Gasteiger partial charge in [0, 0.05) is 31.8 Å². The number of carboxylic acid groups (broad SMARTS) is 1. The van der Waals surface area contributed by atoms with Gasteiger partial charge in [-0.2, -0.15) is 0 Å². The third-order valence-corrected chi connectivity index (χ3v) is 10.7. The highest BCUT2D eigenvalue weighted by molar-refractivity contribution is 5.85. The summed E-state index contributed by atoms with van der Waals surface area (Å²) in [5, 5.41) is 17.4. The first kappa shape index (κ1) is 50.9. The Balaban J connectivity index is 0.000000290. The highest BCUT2D eigenvalue weighted by Gasteiger charge is 2.24. The molecule has 2 fully saturated rings. The van der Waals surface area contributed by atoms with Gasteiger partial charge in [0.25, 0.3) is 5.56 Å². The molecule has 3 aromatic rings.